The molecular weight excluding hydrogens is 254 g/mol. The van der Waals surface area contributed by atoms with Crippen LogP contribution in [0.1, 0.15) is 60.2 Å². The van der Waals surface area contributed by atoms with Gasteiger partial charge in [-0.05, 0) is 42.9 Å². The molecule has 1 amide bonds. The Bertz CT molecular complexity index is 522. The summed E-state index contributed by atoms with van der Waals surface area (Å²) in [5, 5.41) is 12.0. The Kier molecular flexibility index (Phi) is 4.12. The van der Waals surface area contributed by atoms with Crippen molar-refractivity contribution in [1.82, 2.24) is 5.32 Å². The van der Waals surface area contributed by atoms with Gasteiger partial charge in [0.2, 0.25) is 0 Å². The molecule has 0 radical (unpaired) electrons. The summed E-state index contributed by atoms with van der Waals surface area (Å²) >= 11 is 0. The molecule has 1 aliphatic rings. The van der Waals surface area contributed by atoms with E-state index in [1.54, 1.807) is 12.1 Å². The second kappa shape index (κ2) is 5.65. The maximum absolute atomic E-state index is 12.2. The molecule has 1 aromatic rings. The highest BCUT2D eigenvalue weighted by Crippen LogP contribution is 2.35. The van der Waals surface area contributed by atoms with Gasteiger partial charge in [0.25, 0.3) is 5.91 Å². The van der Waals surface area contributed by atoms with Crippen LogP contribution in [0.15, 0.2) is 24.3 Å². The quantitative estimate of drug-likeness (QED) is 0.890. The van der Waals surface area contributed by atoms with Gasteiger partial charge in [-0.1, -0.05) is 26.3 Å². The number of nitrogens with one attached hydrogen (secondary N) is 1. The maximum Gasteiger partial charge on any atom is 0.335 e. The van der Waals surface area contributed by atoms with Crippen molar-refractivity contribution in [1.29, 1.82) is 0 Å². The topological polar surface area (TPSA) is 66.4 Å². The highest BCUT2D eigenvalue weighted by Gasteiger charge is 2.28. The molecule has 0 aromatic heterocycles. The zero-order valence-electron chi connectivity index (χ0n) is 12.0. The highest BCUT2D eigenvalue weighted by atomic mass is 16.4. The molecule has 1 fully saturated rings. The number of carboxylic acids is 1. The molecule has 0 saturated heterocycles. The molecule has 108 valence electrons. The van der Waals surface area contributed by atoms with Gasteiger partial charge < -0.3 is 10.4 Å². The smallest absolute Gasteiger partial charge is 0.335 e. The number of hydrogen-bond acceptors (Lipinski definition) is 2. The van der Waals surface area contributed by atoms with E-state index in [0.717, 1.165) is 19.3 Å². The van der Waals surface area contributed by atoms with Gasteiger partial charge in [0.1, 0.15) is 0 Å². The number of carboxylic acid groups (broad SMARTS) is 1. The average Bonchev–Trinajstić information content (AvgIpc) is 2.37. The van der Waals surface area contributed by atoms with Crippen LogP contribution >= 0.6 is 0 Å². The maximum atomic E-state index is 12.2. The van der Waals surface area contributed by atoms with Gasteiger partial charge >= 0.3 is 5.97 Å². The van der Waals surface area contributed by atoms with Crippen molar-refractivity contribution >= 4 is 11.9 Å². The summed E-state index contributed by atoms with van der Waals surface area (Å²) in [7, 11) is 0. The predicted octanol–water partition coefficient (Wildman–Crippen LogP) is 3.08. The van der Waals surface area contributed by atoms with Crippen LogP contribution in [0.5, 0.6) is 0 Å². The molecule has 1 atom stereocenters. The van der Waals surface area contributed by atoms with E-state index < -0.39 is 5.97 Å². The minimum atomic E-state index is -1.02. The molecule has 20 heavy (non-hydrogen) atoms. The van der Waals surface area contributed by atoms with Gasteiger partial charge in [-0.2, -0.15) is 0 Å². The predicted molar refractivity (Wildman–Crippen MR) is 76.9 cm³/mol. The lowest BCUT2D eigenvalue weighted by molar-refractivity contribution is 0.0697. The summed E-state index contributed by atoms with van der Waals surface area (Å²) in [6.45, 7) is 4.44. The molecule has 1 aliphatic carbocycles. The van der Waals surface area contributed by atoms with Crippen LogP contribution in [0.2, 0.25) is 0 Å². The SMILES string of the molecule is CC1(C)CCCC(NC(=O)c2cccc(C(=O)O)c2)C1. The van der Waals surface area contributed by atoms with Gasteiger partial charge in [-0.3, -0.25) is 4.79 Å². The molecule has 2 rings (SSSR count). The minimum Gasteiger partial charge on any atom is -0.478 e. The van der Waals surface area contributed by atoms with Gasteiger partial charge in [0, 0.05) is 11.6 Å². The molecule has 0 aliphatic heterocycles. The molecule has 0 heterocycles. The third-order valence-electron chi connectivity index (χ3n) is 3.91. The Morgan fingerprint density at radius 3 is 2.65 bits per heavy atom. The lowest BCUT2D eigenvalue weighted by Gasteiger charge is -2.35. The van der Waals surface area contributed by atoms with Crippen LogP contribution in [0.25, 0.3) is 0 Å². The molecule has 0 spiro atoms. The fourth-order valence-corrected chi connectivity index (χ4v) is 2.88. The number of carbonyl (C=O) groups is 2. The Hall–Kier alpha value is -1.84. The molecule has 0 bridgehead atoms. The second-order valence-electron chi connectivity index (χ2n) is 6.32. The summed E-state index contributed by atoms with van der Waals surface area (Å²) in [6, 6.07) is 6.34. The van der Waals surface area contributed by atoms with Crippen molar-refractivity contribution in [2.45, 2.75) is 45.6 Å². The lowest BCUT2D eigenvalue weighted by atomic mass is 9.75. The standard InChI is InChI=1S/C16H21NO3/c1-16(2)8-4-7-13(10-16)17-14(18)11-5-3-6-12(9-11)15(19)20/h3,5-6,9,13H,4,7-8,10H2,1-2H3,(H,17,18)(H,19,20). The van der Waals surface area contributed by atoms with Gasteiger partial charge in [0.05, 0.1) is 5.56 Å². The molecule has 4 heteroatoms. The average molecular weight is 275 g/mol. The summed E-state index contributed by atoms with van der Waals surface area (Å²) in [4.78, 5) is 23.1. The molecule has 1 saturated carbocycles. The normalized spacial score (nSPS) is 21.2. The summed E-state index contributed by atoms with van der Waals surface area (Å²) < 4.78 is 0. The van der Waals surface area contributed by atoms with E-state index >= 15 is 0 Å². The third kappa shape index (κ3) is 3.59. The molecule has 4 nitrogen and oxygen atoms in total. The molecule has 1 unspecified atom stereocenters. The van der Waals surface area contributed by atoms with Crippen molar-refractivity contribution in [3.8, 4) is 0 Å². The zero-order valence-corrected chi connectivity index (χ0v) is 12.0. The summed E-state index contributed by atoms with van der Waals surface area (Å²) in [5.74, 6) is -1.20. The van der Waals surface area contributed by atoms with Crippen molar-refractivity contribution in [3.63, 3.8) is 0 Å². The van der Waals surface area contributed by atoms with Crippen LogP contribution in [0, 0.1) is 5.41 Å². The van der Waals surface area contributed by atoms with E-state index in [4.69, 9.17) is 5.11 Å². The van der Waals surface area contributed by atoms with E-state index in [-0.39, 0.29) is 22.9 Å². The van der Waals surface area contributed by atoms with Crippen LogP contribution in [0.3, 0.4) is 0 Å². The largest absolute Gasteiger partial charge is 0.478 e. The summed E-state index contributed by atoms with van der Waals surface area (Å²) in [5.41, 5.74) is 0.814. The molecular formula is C16H21NO3. The number of rotatable bonds is 3. The van der Waals surface area contributed by atoms with Crippen LogP contribution in [0.4, 0.5) is 0 Å². The van der Waals surface area contributed by atoms with E-state index in [0.29, 0.717) is 5.56 Å². The van der Waals surface area contributed by atoms with Gasteiger partial charge in [-0.15, -0.1) is 0 Å². The fourth-order valence-electron chi connectivity index (χ4n) is 2.88. The monoisotopic (exact) mass is 275 g/mol. The van der Waals surface area contributed by atoms with Crippen LogP contribution in [-0.2, 0) is 0 Å². The van der Waals surface area contributed by atoms with Crippen LogP contribution < -0.4 is 5.32 Å². The Morgan fingerprint density at radius 1 is 1.30 bits per heavy atom. The van der Waals surface area contributed by atoms with E-state index in [1.165, 1.54) is 18.6 Å². The number of carbonyl (C=O) groups excluding carboxylic acids is 1. The molecule has 2 N–H and O–H groups in total. The second-order valence-corrected chi connectivity index (χ2v) is 6.32. The number of benzene rings is 1. The van der Waals surface area contributed by atoms with E-state index in [1.807, 2.05) is 0 Å². The number of aromatic carboxylic acids is 1. The van der Waals surface area contributed by atoms with Gasteiger partial charge in [-0.25, -0.2) is 4.79 Å². The first-order valence-corrected chi connectivity index (χ1v) is 7.02. The van der Waals surface area contributed by atoms with Crippen molar-refractivity contribution < 1.29 is 14.7 Å². The Balaban J connectivity index is 2.05. The van der Waals surface area contributed by atoms with Crippen molar-refractivity contribution in [2.75, 3.05) is 0 Å². The van der Waals surface area contributed by atoms with Crippen LogP contribution in [-0.4, -0.2) is 23.0 Å². The number of hydrogen-bond donors (Lipinski definition) is 2. The lowest BCUT2D eigenvalue weighted by Crippen LogP contribution is -2.40. The summed E-state index contributed by atoms with van der Waals surface area (Å²) in [6.07, 6.45) is 4.27. The first-order chi connectivity index (χ1) is 9.37. The highest BCUT2D eigenvalue weighted by molar-refractivity contribution is 5.97. The Labute approximate surface area is 119 Å². The molecule has 1 aromatic carbocycles. The van der Waals surface area contributed by atoms with E-state index in [9.17, 15) is 9.59 Å². The van der Waals surface area contributed by atoms with Crippen molar-refractivity contribution in [2.24, 2.45) is 5.41 Å². The first kappa shape index (κ1) is 14.6. The first-order valence-electron chi connectivity index (χ1n) is 7.02. The van der Waals surface area contributed by atoms with Gasteiger partial charge in [0.15, 0.2) is 0 Å². The Morgan fingerprint density at radius 2 is 2.00 bits per heavy atom. The minimum absolute atomic E-state index is 0.140. The zero-order chi connectivity index (χ0) is 14.8. The van der Waals surface area contributed by atoms with Crippen molar-refractivity contribution in [3.05, 3.63) is 35.4 Å². The van der Waals surface area contributed by atoms with E-state index in [2.05, 4.69) is 19.2 Å². The third-order valence-corrected chi connectivity index (χ3v) is 3.91. The fraction of sp³-hybridized carbons (Fsp3) is 0.500. The number of amides is 1.